The molecule has 0 aliphatic heterocycles. The number of aromatic nitrogens is 1. The SMILES string of the molecule is Cc1cc(Cl)c(C(=O)NC(C(=O)O)C(C)C)cn1. The summed E-state index contributed by atoms with van der Waals surface area (Å²) in [7, 11) is 0. The minimum atomic E-state index is -1.07. The maximum Gasteiger partial charge on any atom is 0.326 e. The fourth-order valence-electron chi connectivity index (χ4n) is 1.43. The van der Waals surface area contributed by atoms with E-state index in [0.29, 0.717) is 5.69 Å². The Morgan fingerprint density at radius 3 is 2.50 bits per heavy atom. The Bertz CT molecular complexity index is 474. The van der Waals surface area contributed by atoms with E-state index in [1.165, 1.54) is 6.20 Å². The topological polar surface area (TPSA) is 79.3 Å². The zero-order valence-corrected chi connectivity index (χ0v) is 11.2. The van der Waals surface area contributed by atoms with Gasteiger partial charge in [0.05, 0.1) is 10.6 Å². The number of carbonyl (C=O) groups is 2. The van der Waals surface area contributed by atoms with Crippen LogP contribution in [-0.4, -0.2) is 28.0 Å². The van der Waals surface area contributed by atoms with E-state index in [2.05, 4.69) is 10.3 Å². The molecule has 6 heteroatoms. The summed E-state index contributed by atoms with van der Waals surface area (Å²) in [5.74, 6) is -1.83. The van der Waals surface area contributed by atoms with Gasteiger partial charge in [-0.05, 0) is 18.9 Å². The molecular weight excluding hydrogens is 256 g/mol. The summed E-state index contributed by atoms with van der Waals surface area (Å²) in [6.45, 7) is 5.18. The number of aryl methyl sites for hydroxylation is 1. The maximum absolute atomic E-state index is 11.9. The van der Waals surface area contributed by atoms with Crippen LogP contribution in [-0.2, 0) is 4.79 Å². The molecule has 0 aromatic carbocycles. The van der Waals surface area contributed by atoms with Crippen molar-refractivity contribution in [3.8, 4) is 0 Å². The first-order chi connectivity index (χ1) is 8.32. The molecule has 1 aromatic rings. The van der Waals surface area contributed by atoms with E-state index in [1.54, 1.807) is 26.8 Å². The largest absolute Gasteiger partial charge is 0.480 e. The van der Waals surface area contributed by atoms with Gasteiger partial charge in [-0.1, -0.05) is 25.4 Å². The van der Waals surface area contributed by atoms with Crippen LogP contribution in [0.25, 0.3) is 0 Å². The van der Waals surface area contributed by atoms with Crippen LogP contribution >= 0.6 is 11.6 Å². The number of nitrogens with one attached hydrogen (secondary N) is 1. The monoisotopic (exact) mass is 270 g/mol. The molecule has 0 saturated heterocycles. The second-order valence-electron chi connectivity index (χ2n) is 4.34. The number of rotatable bonds is 4. The molecule has 5 nitrogen and oxygen atoms in total. The van der Waals surface area contributed by atoms with Gasteiger partial charge in [0.2, 0.25) is 0 Å². The normalized spacial score (nSPS) is 12.3. The standard InChI is InChI=1S/C12H15ClN2O3/c1-6(2)10(12(17)18)15-11(16)8-5-14-7(3)4-9(8)13/h4-6,10H,1-3H3,(H,15,16)(H,17,18). The lowest BCUT2D eigenvalue weighted by molar-refractivity contribution is -0.140. The van der Waals surface area contributed by atoms with Gasteiger partial charge in [-0.3, -0.25) is 9.78 Å². The summed E-state index contributed by atoms with van der Waals surface area (Å²) in [6.07, 6.45) is 1.34. The van der Waals surface area contributed by atoms with Gasteiger partial charge in [0.1, 0.15) is 6.04 Å². The molecule has 18 heavy (non-hydrogen) atoms. The lowest BCUT2D eigenvalue weighted by Crippen LogP contribution is -2.44. The Morgan fingerprint density at radius 1 is 1.44 bits per heavy atom. The highest BCUT2D eigenvalue weighted by Gasteiger charge is 2.24. The second kappa shape index (κ2) is 5.82. The number of carbonyl (C=O) groups excluding carboxylic acids is 1. The van der Waals surface area contributed by atoms with Crippen molar-refractivity contribution in [2.24, 2.45) is 5.92 Å². The number of pyridine rings is 1. The summed E-state index contributed by atoms with van der Waals surface area (Å²) in [5.41, 5.74) is 0.865. The number of halogens is 1. The Balaban J connectivity index is 2.91. The summed E-state index contributed by atoms with van der Waals surface area (Å²) < 4.78 is 0. The van der Waals surface area contributed by atoms with Gasteiger partial charge < -0.3 is 10.4 Å². The van der Waals surface area contributed by atoms with Crippen LogP contribution in [0.3, 0.4) is 0 Å². The van der Waals surface area contributed by atoms with Crippen LogP contribution in [0, 0.1) is 12.8 Å². The van der Waals surface area contributed by atoms with Crippen molar-refractivity contribution >= 4 is 23.5 Å². The highest BCUT2D eigenvalue weighted by molar-refractivity contribution is 6.33. The number of nitrogens with zero attached hydrogens (tertiary/aromatic N) is 1. The van der Waals surface area contributed by atoms with E-state index in [0.717, 1.165) is 0 Å². The molecule has 1 heterocycles. The van der Waals surface area contributed by atoms with Gasteiger partial charge in [0.25, 0.3) is 5.91 Å². The molecular formula is C12H15ClN2O3. The highest BCUT2D eigenvalue weighted by atomic mass is 35.5. The molecule has 0 saturated carbocycles. The highest BCUT2D eigenvalue weighted by Crippen LogP contribution is 2.16. The summed E-state index contributed by atoms with van der Waals surface area (Å²) in [4.78, 5) is 26.8. The van der Waals surface area contributed by atoms with Gasteiger partial charge >= 0.3 is 5.97 Å². The van der Waals surface area contributed by atoms with Gasteiger partial charge in [0.15, 0.2) is 0 Å². The molecule has 0 fully saturated rings. The minimum absolute atomic E-state index is 0.175. The molecule has 0 spiro atoms. The molecule has 1 amide bonds. The summed E-state index contributed by atoms with van der Waals surface area (Å²) in [5, 5.41) is 11.7. The predicted octanol–water partition coefficient (Wildman–Crippen LogP) is 1.88. The zero-order valence-electron chi connectivity index (χ0n) is 10.4. The third-order valence-corrected chi connectivity index (χ3v) is 2.77. The smallest absolute Gasteiger partial charge is 0.326 e. The van der Waals surface area contributed by atoms with E-state index in [4.69, 9.17) is 16.7 Å². The lowest BCUT2D eigenvalue weighted by Gasteiger charge is -2.18. The van der Waals surface area contributed by atoms with E-state index in [9.17, 15) is 9.59 Å². The summed E-state index contributed by atoms with van der Waals surface area (Å²) in [6, 6.07) is 0.608. The van der Waals surface area contributed by atoms with E-state index in [-0.39, 0.29) is 16.5 Å². The molecule has 98 valence electrons. The first-order valence-electron chi connectivity index (χ1n) is 5.48. The third-order valence-electron chi connectivity index (χ3n) is 2.45. The molecule has 0 bridgehead atoms. The van der Waals surface area contributed by atoms with Crippen LogP contribution < -0.4 is 5.32 Å². The van der Waals surface area contributed by atoms with Crippen LogP contribution in [0.4, 0.5) is 0 Å². The fraction of sp³-hybridized carbons (Fsp3) is 0.417. The molecule has 1 atom stereocenters. The number of hydrogen-bond acceptors (Lipinski definition) is 3. The molecule has 1 aromatic heterocycles. The van der Waals surface area contributed by atoms with Gasteiger partial charge in [-0.15, -0.1) is 0 Å². The summed E-state index contributed by atoms with van der Waals surface area (Å²) >= 11 is 5.92. The second-order valence-corrected chi connectivity index (χ2v) is 4.75. The average molecular weight is 271 g/mol. The van der Waals surface area contributed by atoms with Crippen molar-refractivity contribution < 1.29 is 14.7 Å². The van der Waals surface area contributed by atoms with Crippen LogP contribution in [0.5, 0.6) is 0 Å². The quantitative estimate of drug-likeness (QED) is 0.875. The Labute approximate surface area is 110 Å². The minimum Gasteiger partial charge on any atom is -0.480 e. The Kier molecular flexibility index (Phi) is 4.67. The molecule has 1 rings (SSSR count). The number of aliphatic carboxylic acids is 1. The molecule has 0 radical (unpaired) electrons. The zero-order chi connectivity index (χ0) is 13.9. The first-order valence-corrected chi connectivity index (χ1v) is 5.86. The fourth-order valence-corrected chi connectivity index (χ4v) is 1.72. The van der Waals surface area contributed by atoms with Crippen LogP contribution in [0.1, 0.15) is 29.9 Å². The molecule has 1 unspecified atom stereocenters. The first kappa shape index (κ1) is 14.4. The van der Waals surface area contributed by atoms with Gasteiger partial charge in [-0.2, -0.15) is 0 Å². The molecule has 0 aliphatic rings. The van der Waals surface area contributed by atoms with Crippen molar-refractivity contribution in [3.63, 3.8) is 0 Å². The Morgan fingerprint density at radius 2 is 2.06 bits per heavy atom. The van der Waals surface area contributed by atoms with Crippen molar-refractivity contribution in [3.05, 3.63) is 28.5 Å². The van der Waals surface area contributed by atoms with Crippen molar-refractivity contribution in [1.29, 1.82) is 0 Å². The molecule has 2 N–H and O–H groups in total. The number of hydrogen-bond donors (Lipinski definition) is 2. The van der Waals surface area contributed by atoms with E-state index >= 15 is 0 Å². The average Bonchev–Trinajstić information content (AvgIpc) is 2.24. The van der Waals surface area contributed by atoms with Crippen molar-refractivity contribution in [1.82, 2.24) is 10.3 Å². The Hall–Kier alpha value is -1.62. The van der Waals surface area contributed by atoms with Crippen LogP contribution in [0.15, 0.2) is 12.3 Å². The third kappa shape index (κ3) is 3.43. The number of amides is 1. The van der Waals surface area contributed by atoms with Crippen LogP contribution in [0.2, 0.25) is 5.02 Å². The van der Waals surface area contributed by atoms with Gasteiger partial charge in [-0.25, -0.2) is 4.79 Å². The van der Waals surface area contributed by atoms with Gasteiger partial charge in [0, 0.05) is 11.9 Å². The predicted molar refractivity (Wildman–Crippen MR) is 67.7 cm³/mol. The van der Waals surface area contributed by atoms with Crippen molar-refractivity contribution in [2.75, 3.05) is 0 Å². The maximum atomic E-state index is 11.9. The lowest BCUT2D eigenvalue weighted by atomic mass is 10.0. The number of carboxylic acids is 1. The number of carboxylic acid groups (broad SMARTS) is 1. The van der Waals surface area contributed by atoms with Crippen molar-refractivity contribution in [2.45, 2.75) is 26.8 Å². The molecule has 0 aliphatic carbocycles. The van der Waals surface area contributed by atoms with E-state index in [1.807, 2.05) is 0 Å². The van der Waals surface area contributed by atoms with E-state index < -0.39 is 17.9 Å².